The molecular weight excluding hydrogens is 508 g/mol. The first kappa shape index (κ1) is 23.0. The van der Waals surface area contributed by atoms with Crippen LogP contribution in [0.25, 0.3) is 17.3 Å². The van der Waals surface area contributed by atoms with Gasteiger partial charge < -0.3 is 14.4 Å². The highest BCUT2D eigenvalue weighted by Crippen LogP contribution is 2.25. The highest BCUT2D eigenvalue weighted by molar-refractivity contribution is 7.16. The number of thiophene rings is 1. The van der Waals surface area contributed by atoms with Crippen LogP contribution in [0.1, 0.15) is 26.7 Å². The summed E-state index contributed by atoms with van der Waals surface area (Å²) in [6.07, 6.45) is 4.74. The molecule has 1 N–H and O–H groups in total. The van der Waals surface area contributed by atoms with E-state index in [2.05, 4.69) is 26.5 Å². The van der Waals surface area contributed by atoms with Crippen LogP contribution in [0.4, 0.5) is 5.82 Å². The Hall–Kier alpha value is -3.80. The number of carbonyl (C=O) groups is 1. The van der Waals surface area contributed by atoms with Crippen molar-refractivity contribution in [1.82, 2.24) is 23.9 Å². The lowest BCUT2D eigenvalue weighted by molar-refractivity contribution is 0.0911. The average Bonchev–Trinajstić information content (AvgIpc) is 3.66. The van der Waals surface area contributed by atoms with Gasteiger partial charge in [-0.25, -0.2) is 0 Å². The molecule has 176 valence electrons. The Balaban J connectivity index is 1.57. The lowest BCUT2D eigenvalue weighted by Crippen LogP contribution is -2.23. The monoisotopic (exact) mass is 524 g/mol. The molecule has 0 amide bonds. The molecule has 9 nitrogen and oxygen atoms in total. The number of carbonyl (C=O) groups excluding carboxylic acids is 1. The van der Waals surface area contributed by atoms with Crippen LogP contribution in [0.15, 0.2) is 70.1 Å². The van der Waals surface area contributed by atoms with Gasteiger partial charge in [0.2, 0.25) is 5.76 Å². The van der Waals surface area contributed by atoms with Crippen molar-refractivity contribution in [3.8, 4) is 11.3 Å². The summed E-state index contributed by atoms with van der Waals surface area (Å²) in [5.41, 5.74) is 1.88. The van der Waals surface area contributed by atoms with Crippen LogP contribution in [0.3, 0.4) is 0 Å². The van der Waals surface area contributed by atoms with E-state index in [1.807, 2.05) is 17.5 Å². The largest absolute Gasteiger partial charge is 0.365 e. The Kier molecular flexibility index (Phi) is 6.45. The van der Waals surface area contributed by atoms with Crippen molar-refractivity contribution in [3.63, 3.8) is 0 Å². The fourth-order valence-corrected chi connectivity index (χ4v) is 4.97. The molecule has 12 heteroatoms. The lowest BCUT2D eigenvalue weighted by Gasteiger charge is -2.08. The quantitative estimate of drug-likeness (QED) is 0.308. The number of hydrogen-bond donors (Lipinski definition) is 1. The molecule has 0 fully saturated rings. The first-order valence-electron chi connectivity index (χ1n) is 10.3. The third-order valence-corrected chi connectivity index (χ3v) is 6.89. The van der Waals surface area contributed by atoms with Gasteiger partial charge in [0.25, 0.3) is 5.56 Å². The maximum atomic E-state index is 13.4. The van der Waals surface area contributed by atoms with Gasteiger partial charge in [0.1, 0.15) is 11.5 Å². The van der Waals surface area contributed by atoms with Crippen LogP contribution in [0.5, 0.6) is 0 Å². The fraction of sp³-hybridized carbons (Fsp3) is 0.0870. The van der Waals surface area contributed by atoms with Gasteiger partial charge in [-0.15, -0.1) is 11.3 Å². The van der Waals surface area contributed by atoms with Crippen LogP contribution in [0, 0.1) is 0 Å². The second kappa shape index (κ2) is 9.82. The summed E-state index contributed by atoms with van der Waals surface area (Å²) in [5, 5.41) is 13.1. The van der Waals surface area contributed by atoms with E-state index in [-0.39, 0.29) is 11.3 Å². The third-order valence-electron chi connectivity index (χ3n) is 5.07. The molecule has 0 spiro atoms. The van der Waals surface area contributed by atoms with E-state index < -0.39 is 5.91 Å². The third kappa shape index (κ3) is 4.87. The maximum absolute atomic E-state index is 13.4. The lowest BCUT2D eigenvalue weighted by atomic mass is 10.1. The van der Waals surface area contributed by atoms with Gasteiger partial charge in [-0.1, -0.05) is 29.4 Å². The van der Waals surface area contributed by atoms with E-state index in [9.17, 15) is 9.59 Å². The average molecular weight is 525 g/mol. The van der Waals surface area contributed by atoms with Crippen molar-refractivity contribution < 1.29 is 9.32 Å². The Morgan fingerprint density at radius 3 is 2.83 bits per heavy atom. The molecule has 5 rings (SSSR count). The molecule has 0 saturated carbocycles. The normalized spacial score (nSPS) is 11.0. The second-order valence-electron chi connectivity index (χ2n) is 7.38. The molecule has 5 aromatic rings. The molecule has 0 unspecified atom stereocenters. The van der Waals surface area contributed by atoms with Crippen LogP contribution in [0.2, 0.25) is 4.34 Å². The molecule has 35 heavy (non-hydrogen) atoms. The van der Waals surface area contributed by atoms with Crippen molar-refractivity contribution in [2.75, 3.05) is 5.32 Å². The highest BCUT2D eigenvalue weighted by atomic mass is 35.5. The van der Waals surface area contributed by atoms with Gasteiger partial charge in [0.15, 0.2) is 0 Å². The molecule has 0 aliphatic heterocycles. The molecule has 0 aliphatic rings. The number of halogens is 1. The number of pyridine rings is 1. The Labute approximate surface area is 212 Å². The SMILES string of the molecule is C=Cc1cc(-c2cc(NCc3ccc(Cl)s3)n(C(=O)c3ccno3)n2)c(=O)n(Cc2ccsn2)c1. The van der Waals surface area contributed by atoms with Crippen molar-refractivity contribution in [3.05, 3.63) is 97.3 Å². The molecule has 0 saturated heterocycles. The van der Waals surface area contributed by atoms with Crippen LogP contribution < -0.4 is 10.9 Å². The van der Waals surface area contributed by atoms with E-state index in [1.54, 1.807) is 35.0 Å². The number of nitrogens with one attached hydrogen (secondary N) is 1. The summed E-state index contributed by atoms with van der Waals surface area (Å²) in [6.45, 7) is 4.55. The number of anilines is 1. The fourth-order valence-electron chi connectivity index (χ4n) is 3.41. The molecular formula is C23H17ClN6O3S2. The molecule has 0 aliphatic carbocycles. The highest BCUT2D eigenvalue weighted by Gasteiger charge is 2.22. The van der Waals surface area contributed by atoms with Gasteiger partial charge in [-0.3, -0.25) is 9.59 Å². The number of nitrogens with zero attached hydrogens (tertiary/aromatic N) is 5. The number of aromatic nitrogens is 5. The summed E-state index contributed by atoms with van der Waals surface area (Å²) in [7, 11) is 0. The van der Waals surface area contributed by atoms with Crippen molar-refractivity contribution in [2.24, 2.45) is 0 Å². The molecule has 0 aromatic carbocycles. The molecule has 0 bridgehead atoms. The summed E-state index contributed by atoms with van der Waals surface area (Å²) in [6, 6.07) is 10.4. The van der Waals surface area contributed by atoms with Crippen molar-refractivity contribution >= 4 is 52.3 Å². The maximum Gasteiger partial charge on any atom is 0.318 e. The van der Waals surface area contributed by atoms with Crippen molar-refractivity contribution in [2.45, 2.75) is 13.1 Å². The van der Waals surface area contributed by atoms with Crippen LogP contribution in [-0.4, -0.2) is 29.8 Å². The van der Waals surface area contributed by atoms with Gasteiger partial charge in [-0.2, -0.15) is 14.2 Å². The Morgan fingerprint density at radius 2 is 2.14 bits per heavy atom. The minimum Gasteiger partial charge on any atom is -0.365 e. The van der Waals surface area contributed by atoms with E-state index in [4.69, 9.17) is 16.1 Å². The summed E-state index contributed by atoms with van der Waals surface area (Å²) < 4.78 is 12.7. The predicted molar refractivity (Wildman–Crippen MR) is 136 cm³/mol. The zero-order chi connectivity index (χ0) is 24.4. The minimum absolute atomic E-state index is 0.0163. The predicted octanol–water partition coefficient (Wildman–Crippen LogP) is 4.86. The van der Waals surface area contributed by atoms with Gasteiger partial charge in [0, 0.05) is 28.6 Å². The smallest absolute Gasteiger partial charge is 0.318 e. The zero-order valence-corrected chi connectivity index (χ0v) is 20.4. The standard InChI is InChI=1S/C23H17ClN6O3S2/c1-2-14-9-17(22(31)29(12-14)13-15-6-8-34-28-15)18-10-21(25-11-16-3-4-20(24)35-16)30(27-18)23(32)19-5-7-26-33-19/h2-10,12,25H,1,11,13H2. The first-order valence-corrected chi connectivity index (χ1v) is 12.3. The zero-order valence-electron chi connectivity index (χ0n) is 18.1. The molecule has 0 atom stereocenters. The van der Waals surface area contributed by atoms with Crippen molar-refractivity contribution in [1.29, 1.82) is 0 Å². The number of rotatable bonds is 8. The molecule has 5 aromatic heterocycles. The Bertz CT molecular complexity index is 1550. The molecule has 0 radical (unpaired) electrons. The number of hydrogen-bond acceptors (Lipinski definition) is 9. The first-order chi connectivity index (χ1) is 17.0. The van der Waals surface area contributed by atoms with Crippen LogP contribution in [-0.2, 0) is 13.1 Å². The Morgan fingerprint density at radius 1 is 1.26 bits per heavy atom. The minimum atomic E-state index is -0.525. The van der Waals surface area contributed by atoms with E-state index in [1.165, 1.54) is 35.1 Å². The van der Waals surface area contributed by atoms with Gasteiger partial charge in [0.05, 0.1) is 34.9 Å². The van der Waals surface area contributed by atoms with E-state index in [0.717, 1.165) is 20.8 Å². The summed E-state index contributed by atoms with van der Waals surface area (Å²) >= 11 is 8.78. The second-order valence-corrected chi connectivity index (χ2v) is 9.85. The van der Waals surface area contributed by atoms with Gasteiger partial charge >= 0.3 is 5.91 Å². The topological polar surface area (TPSA) is 108 Å². The summed E-state index contributed by atoms with van der Waals surface area (Å²) in [4.78, 5) is 27.4. The molecule has 5 heterocycles. The van der Waals surface area contributed by atoms with E-state index in [0.29, 0.717) is 34.5 Å². The van der Waals surface area contributed by atoms with Gasteiger partial charge in [-0.05, 0) is 41.4 Å². The summed E-state index contributed by atoms with van der Waals surface area (Å²) in [5.74, 6) is -0.119. The van der Waals surface area contributed by atoms with Crippen LogP contribution >= 0.6 is 34.5 Å². The van der Waals surface area contributed by atoms with E-state index >= 15 is 0 Å².